The van der Waals surface area contributed by atoms with Gasteiger partial charge in [-0.3, -0.25) is 0 Å². The first-order valence-electron chi connectivity index (χ1n) is 28.3. The molecule has 2 aliphatic carbocycles. The Morgan fingerprint density at radius 1 is 0.461 bits per heavy atom. The van der Waals surface area contributed by atoms with Crippen LogP contribution in [0.25, 0.3) is 27.5 Å². The zero-order valence-electron chi connectivity index (χ0n) is 46.5. The normalized spacial score (nSPS) is 14.4. The molecule has 3 N–H and O–H groups in total. The number of nitrogens with one attached hydrogen (secondary N) is 3. The Labute approximate surface area is 454 Å². The summed E-state index contributed by atoms with van der Waals surface area (Å²) in [6, 6.07) is 59.3. The van der Waals surface area contributed by atoms with Crippen molar-refractivity contribution in [3.8, 4) is 0 Å². The minimum Gasteiger partial charge on any atom is -0.380 e. The SMILES string of the molecule is CCN(CC)c1ccc(C(=C2C=CC(=[NH+]Cc3ccc(CNc4ccc(C(=C5C=CC([NH+](CC)CC)C=C5)c5ccc(N(CC)CC)cc5)c5ccccc45)cc3)c3ccccc32)c2ccc(N(CC)CC)cc2)cc1. The molecule has 0 aromatic heterocycles. The van der Waals surface area contributed by atoms with Crippen molar-refractivity contribution >= 4 is 56.0 Å². The van der Waals surface area contributed by atoms with Crippen molar-refractivity contribution in [1.29, 1.82) is 0 Å². The van der Waals surface area contributed by atoms with Crippen molar-refractivity contribution in [2.45, 2.75) is 74.5 Å². The van der Waals surface area contributed by atoms with Crippen LogP contribution in [0.3, 0.4) is 0 Å². The number of allylic oxidation sites excluding steroid dienone is 6. The Bertz CT molecular complexity index is 3170. The monoisotopic (exact) mass is 1000 g/mol. The fourth-order valence-corrected chi connectivity index (χ4v) is 11.4. The molecular formula is C70H80N6+2. The van der Waals surface area contributed by atoms with Gasteiger partial charge in [-0.05, 0) is 183 Å². The molecule has 0 amide bonds. The Hall–Kier alpha value is -7.67. The number of rotatable bonds is 21. The van der Waals surface area contributed by atoms with Crippen molar-refractivity contribution < 1.29 is 9.89 Å². The van der Waals surface area contributed by atoms with Crippen LogP contribution >= 0.6 is 0 Å². The lowest BCUT2D eigenvalue weighted by Gasteiger charge is -2.25. The number of likely N-dealkylation sites (N-methyl/N-ethyl adjacent to an activating group) is 1. The topological polar surface area (TPSA) is 40.2 Å². The van der Waals surface area contributed by atoms with Crippen molar-refractivity contribution in [2.24, 2.45) is 0 Å². The van der Waals surface area contributed by atoms with Crippen LogP contribution in [0.4, 0.5) is 22.7 Å². The van der Waals surface area contributed by atoms with Gasteiger partial charge >= 0.3 is 0 Å². The highest BCUT2D eigenvalue weighted by atomic mass is 15.1. The highest BCUT2D eigenvalue weighted by Crippen LogP contribution is 2.40. The summed E-state index contributed by atoms with van der Waals surface area (Å²) in [5.74, 6) is 0. The van der Waals surface area contributed by atoms with Gasteiger partial charge in [-0.1, -0.05) is 121 Å². The largest absolute Gasteiger partial charge is 0.380 e. The molecular weight excluding hydrogens is 925 g/mol. The Morgan fingerprint density at radius 2 is 0.934 bits per heavy atom. The lowest BCUT2D eigenvalue weighted by molar-refractivity contribution is -0.908. The quantitative estimate of drug-likeness (QED) is 0.0671. The highest BCUT2D eigenvalue weighted by Gasteiger charge is 2.24. The summed E-state index contributed by atoms with van der Waals surface area (Å²) in [6.45, 7) is 27.5. The molecule has 7 aromatic rings. The summed E-state index contributed by atoms with van der Waals surface area (Å²) in [5, 5.41) is 6.30. The van der Waals surface area contributed by atoms with E-state index in [0.29, 0.717) is 6.04 Å². The van der Waals surface area contributed by atoms with Crippen molar-refractivity contribution in [1.82, 2.24) is 0 Å². The molecule has 6 nitrogen and oxygen atoms in total. The molecule has 0 atom stereocenters. The predicted molar refractivity (Wildman–Crippen MR) is 328 cm³/mol. The van der Waals surface area contributed by atoms with Gasteiger partial charge in [0.1, 0.15) is 6.04 Å². The maximum Gasteiger partial charge on any atom is 0.206 e. The summed E-state index contributed by atoms with van der Waals surface area (Å²) >= 11 is 0. The Morgan fingerprint density at radius 3 is 1.45 bits per heavy atom. The maximum absolute atomic E-state index is 3.84. The fourth-order valence-electron chi connectivity index (χ4n) is 11.4. The predicted octanol–water partition coefficient (Wildman–Crippen LogP) is 12.8. The number of hydrogen-bond donors (Lipinski definition) is 3. The molecule has 76 heavy (non-hydrogen) atoms. The maximum atomic E-state index is 3.84. The molecule has 7 aromatic carbocycles. The minimum atomic E-state index is 0.384. The van der Waals surface area contributed by atoms with E-state index in [-0.39, 0.29) is 0 Å². The van der Waals surface area contributed by atoms with Crippen LogP contribution < -0.4 is 29.9 Å². The zero-order valence-corrected chi connectivity index (χ0v) is 46.5. The molecule has 9 rings (SSSR count). The van der Waals surface area contributed by atoms with Crippen molar-refractivity contribution in [2.75, 3.05) is 72.4 Å². The fraction of sp³-hybridized carbons (Fsp3) is 0.271. The van der Waals surface area contributed by atoms with Gasteiger partial charge in [-0.2, -0.15) is 0 Å². The second-order valence-electron chi connectivity index (χ2n) is 19.9. The van der Waals surface area contributed by atoms with E-state index in [2.05, 4.69) is 275 Å². The van der Waals surface area contributed by atoms with Crippen LogP contribution in [-0.2, 0) is 13.1 Å². The average Bonchev–Trinajstić information content (AvgIpc) is 3.51. The molecule has 0 unspecified atom stereocenters. The average molecular weight is 1010 g/mol. The Kier molecular flexibility index (Phi) is 17.7. The van der Waals surface area contributed by atoms with Gasteiger partial charge in [0, 0.05) is 85.6 Å². The molecule has 0 saturated heterocycles. The van der Waals surface area contributed by atoms with Gasteiger partial charge in [-0.25, -0.2) is 4.99 Å². The molecule has 0 spiro atoms. The van der Waals surface area contributed by atoms with E-state index < -0.39 is 0 Å². The van der Waals surface area contributed by atoms with Crippen LogP contribution in [0.2, 0.25) is 0 Å². The molecule has 0 saturated carbocycles. The third-order valence-electron chi connectivity index (χ3n) is 15.9. The number of benzene rings is 7. The third-order valence-corrected chi connectivity index (χ3v) is 15.9. The molecule has 2 aliphatic rings. The van der Waals surface area contributed by atoms with E-state index in [1.54, 1.807) is 4.90 Å². The van der Waals surface area contributed by atoms with E-state index in [9.17, 15) is 0 Å². The first kappa shape index (κ1) is 53.2. The number of fused-ring (bicyclic) bond motifs is 2. The molecule has 6 heteroatoms. The molecule has 0 radical (unpaired) electrons. The number of quaternary nitrogens is 1. The van der Waals surface area contributed by atoms with Crippen molar-refractivity contribution in [3.63, 3.8) is 0 Å². The third kappa shape index (κ3) is 11.6. The number of anilines is 4. The summed E-state index contributed by atoms with van der Waals surface area (Å²) in [7, 11) is 0. The highest BCUT2D eigenvalue weighted by molar-refractivity contribution is 6.17. The van der Waals surface area contributed by atoms with Gasteiger partial charge in [0.15, 0.2) is 6.54 Å². The van der Waals surface area contributed by atoms with Crippen LogP contribution in [0.15, 0.2) is 200 Å². The Balaban J connectivity index is 0.962. The number of nitrogens with zero attached hydrogens (tertiary/aromatic N) is 3. The smallest absolute Gasteiger partial charge is 0.206 e. The second-order valence-corrected chi connectivity index (χ2v) is 19.9. The first-order chi connectivity index (χ1) is 37.3. The van der Waals surface area contributed by atoms with E-state index in [1.165, 1.54) is 94.6 Å². The van der Waals surface area contributed by atoms with E-state index >= 15 is 0 Å². The summed E-state index contributed by atoms with van der Waals surface area (Å²) < 4.78 is 0. The van der Waals surface area contributed by atoms with E-state index in [4.69, 9.17) is 0 Å². The first-order valence-corrected chi connectivity index (χ1v) is 28.3. The molecule has 0 aliphatic heterocycles. The van der Waals surface area contributed by atoms with Crippen LogP contribution in [0.5, 0.6) is 0 Å². The lowest BCUT2D eigenvalue weighted by Crippen LogP contribution is -3.14. The van der Waals surface area contributed by atoms with Gasteiger partial charge < -0.3 is 24.9 Å². The van der Waals surface area contributed by atoms with Gasteiger partial charge in [0.25, 0.3) is 0 Å². The lowest BCUT2D eigenvalue weighted by atomic mass is 9.83. The van der Waals surface area contributed by atoms with Crippen LogP contribution in [0.1, 0.15) is 99.9 Å². The van der Waals surface area contributed by atoms with Crippen molar-refractivity contribution in [3.05, 3.63) is 244 Å². The molecule has 0 heterocycles. The summed E-state index contributed by atoms with van der Waals surface area (Å²) in [5.41, 5.74) is 20.8. The second kappa shape index (κ2) is 25.2. The van der Waals surface area contributed by atoms with Gasteiger partial charge in [0.2, 0.25) is 5.71 Å². The van der Waals surface area contributed by atoms with Crippen LogP contribution in [0, 0.1) is 0 Å². The molecule has 0 bridgehead atoms. The van der Waals surface area contributed by atoms with E-state index in [0.717, 1.165) is 76.8 Å². The standard InChI is InChI=1S/C70H78N6/c1-9-73(10-2)57-37-29-53(30-38-57)69(54-31-39-58(40-32-54)74(11-3)12-4)65-45-47-67(63-23-19-17-21-61(63)65)71-49-51-25-27-52(28-26-51)50-72-68-48-46-66(62-22-18-20-24-64(62)68)70(55-33-41-59(42-34-55)75(13-5)14-6)56-35-43-60(44-36-56)76(15-7)16-8/h17-48,57,71H,9-16,49-50H2,1-8H3/p+2. The molecule has 388 valence electrons. The minimum absolute atomic E-state index is 0.384. The van der Waals surface area contributed by atoms with E-state index in [1.807, 2.05) is 0 Å². The molecule has 0 fully saturated rings. The number of hydrogen-bond acceptors (Lipinski definition) is 4. The zero-order chi connectivity index (χ0) is 53.0. The summed E-state index contributed by atoms with van der Waals surface area (Å²) in [4.78, 5) is 12.6. The summed E-state index contributed by atoms with van der Waals surface area (Å²) in [6.07, 6.45) is 14.1. The van der Waals surface area contributed by atoms with Gasteiger partial charge in [0.05, 0.1) is 18.7 Å². The van der Waals surface area contributed by atoms with Gasteiger partial charge in [-0.15, -0.1) is 0 Å². The van der Waals surface area contributed by atoms with Crippen LogP contribution in [-0.4, -0.2) is 64.1 Å².